The third kappa shape index (κ3) is 5.48. The van der Waals surface area contributed by atoms with E-state index in [0.717, 1.165) is 11.1 Å². The third-order valence-electron chi connectivity index (χ3n) is 4.74. The SMILES string of the molecule is CC(/C=N\NC(=O)CSc1nc2ccccc2c(=O)n1-c1ccc(C)cc1)=C\c1ccco1. The van der Waals surface area contributed by atoms with Gasteiger partial charge in [-0.1, -0.05) is 41.6 Å². The lowest BCUT2D eigenvalue weighted by Gasteiger charge is -2.13. The molecule has 2 aromatic heterocycles. The fraction of sp³-hybridized carbons (Fsp3) is 0.120. The Hall–Kier alpha value is -3.91. The molecular weight excluding hydrogens is 436 g/mol. The summed E-state index contributed by atoms with van der Waals surface area (Å²) in [6, 6.07) is 18.4. The predicted octanol–water partition coefficient (Wildman–Crippen LogP) is 4.58. The molecule has 0 saturated carbocycles. The van der Waals surface area contributed by atoms with Crippen molar-refractivity contribution in [2.45, 2.75) is 19.0 Å². The monoisotopic (exact) mass is 458 g/mol. The zero-order valence-corrected chi connectivity index (χ0v) is 19.0. The van der Waals surface area contributed by atoms with E-state index in [2.05, 4.69) is 15.5 Å². The Labute approximate surface area is 194 Å². The van der Waals surface area contributed by atoms with Gasteiger partial charge in [0.15, 0.2) is 5.16 Å². The normalized spacial score (nSPS) is 11.9. The van der Waals surface area contributed by atoms with Crippen molar-refractivity contribution in [1.29, 1.82) is 0 Å². The lowest BCUT2D eigenvalue weighted by molar-refractivity contribution is -0.118. The number of carbonyl (C=O) groups excluding carboxylic acids is 1. The van der Waals surface area contributed by atoms with E-state index in [0.29, 0.717) is 27.5 Å². The fourth-order valence-corrected chi connectivity index (χ4v) is 3.94. The van der Waals surface area contributed by atoms with Crippen LogP contribution in [0, 0.1) is 6.92 Å². The third-order valence-corrected chi connectivity index (χ3v) is 5.68. The summed E-state index contributed by atoms with van der Waals surface area (Å²) in [5.41, 5.74) is 5.52. The Kier molecular flexibility index (Phi) is 6.85. The van der Waals surface area contributed by atoms with Crippen LogP contribution in [0.3, 0.4) is 0 Å². The van der Waals surface area contributed by atoms with Crippen molar-refractivity contribution in [3.05, 3.63) is 94.2 Å². The lowest BCUT2D eigenvalue weighted by Crippen LogP contribution is -2.24. The molecule has 1 N–H and O–H groups in total. The van der Waals surface area contributed by atoms with Crippen LogP contribution in [0.1, 0.15) is 18.2 Å². The molecule has 33 heavy (non-hydrogen) atoms. The number of rotatable bonds is 7. The van der Waals surface area contributed by atoms with Gasteiger partial charge in [-0.05, 0) is 61.9 Å². The molecule has 0 saturated heterocycles. The predicted molar refractivity (Wildman–Crippen MR) is 132 cm³/mol. The Bertz CT molecular complexity index is 1390. The Morgan fingerprint density at radius 2 is 1.94 bits per heavy atom. The van der Waals surface area contributed by atoms with Crippen LogP contribution in [0.2, 0.25) is 0 Å². The highest BCUT2D eigenvalue weighted by atomic mass is 32.2. The van der Waals surface area contributed by atoms with Gasteiger partial charge in [-0.2, -0.15) is 5.10 Å². The number of nitrogens with one attached hydrogen (secondary N) is 1. The van der Waals surface area contributed by atoms with Gasteiger partial charge in [-0.15, -0.1) is 0 Å². The first-order chi connectivity index (χ1) is 16.0. The van der Waals surface area contributed by atoms with E-state index >= 15 is 0 Å². The van der Waals surface area contributed by atoms with Gasteiger partial charge in [-0.3, -0.25) is 14.2 Å². The molecule has 7 nitrogen and oxygen atoms in total. The molecule has 0 atom stereocenters. The minimum Gasteiger partial charge on any atom is -0.465 e. The summed E-state index contributed by atoms with van der Waals surface area (Å²) in [5, 5.41) is 4.95. The molecule has 0 aliphatic heterocycles. The Balaban J connectivity index is 1.52. The molecule has 166 valence electrons. The number of hydrogen-bond acceptors (Lipinski definition) is 6. The van der Waals surface area contributed by atoms with Crippen LogP contribution < -0.4 is 11.0 Å². The number of hydrogen-bond donors (Lipinski definition) is 1. The number of para-hydroxylation sites is 1. The van der Waals surface area contributed by atoms with E-state index in [-0.39, 0.29) is 17.2 Å². The second-order valence-electron chi connectivity index (χ2n) is 7.37. The van der Waals surface area contributed by atoms with Crippen molar-refractivity contribution in [2.75, 3.05) is 5.75 Å². The van der Waals surface area contributed by atoms with Crippen molar-refractivity contribution < 1.29 is 9.21 Å². The number of nitrogens with zero attached hydrogens (tertiary/aromatic N) is 3. The average Bonchev–Trinajstić information content (AvgIpc) is 3.31. The van der Waals surface area contributed by atoms with Crippen molar-refractivity contribution in [3.8, 4) is 5.69 Å². The maximum Gasteiger partial charge on any atom is 0.266 e. The zero-order chi connectivity index (χ0) is 23.2. The van der Waals surface area contributed by atoms with Crippen LogP contribution in [0.4, 0.5) is 0 Å². The minimum atomic E-state index is -0.306. The largest absolute Gasteiger partial charge is 0.465 e. The van der Waals surface area contributed by atoms with E-state index in [1.807, 2.05) is 62.4 Å². The van der Waals surface area contributed by atoms with Crippen LogP contribution >= 0.6 is 11.8 Å². The summed E-state index contributed by atoms with van der Waals surface area (Å²) in [5.74, 6) is 0.451. The van der Waals surface area contributed by atoms with Crippen molar-refractivity contribution in [2.24, 2.45) is 5.10 Å². The second-order valence-corrected chi connectivity index (χ2v) is 8.32. The van der Waals surface area contributed by atoms with Gasteiger partial charge < -0.3 is 4.42 Å². The summed E-state index contributed by atoms with van der Waals surface area (Å²) < 4.78 is 6.79. The van der Waals surface area contributed by atoms with Crippen molar-refractivity contribution in [3.63, 3.8) is 0 Å². The van der Waals surface area contributed by atoms with Crippen LogP contribution in [-0.4, -0.2) is 27.4 Å². The maximum atomic E-state index is 13.2. The molecule has 0 fully saturated rings. The summed E-state index contributed by atoms with van der Waals surface area (Å²) in [6.07, 6.45) is 4.94. The zero-order valence-electron chi connectivity index (χ0n) is 18.2. The van der Waals surface area contributed by atoms with Gasteiger partial charge in [0.25, 0.3) is 11.5 Å². The van der Waals surface area contributed by atoms with Gasteiger partial charge in [0.1, 0.15) is 5.76 Å². The number of hydrazone groups is 1. The van der Waals surface area contributed by atoms with Gasteiger partial charge >= 0.3 is 0 Å². The van der Waals surface area contributed by atoms with Crippen LogP contribution in [-0.2, 0) is 4.79 Å². The molecule has 1 amide bonds. The lowest BCUT2D eigenvalue weighted by atomic mass is 10.2. The Morgan fingerprint density at radius 3 is 2.70 bits per heavy atom. The van der Waals surface area contributed by atoms with Crippen LogP contribution in [0.25, 0.3) is 22.7 Å². The highest BCUT2D eigenvalue weighted by Gasteiger charge is 2.14. The molecule has 0 spiro atoms. The number of furan rings is 1. The van der Waals surface area contributed by atoms with E-state index in [4.69, 9.17) is 4.42 Å². The van der Waals surface area contributed by atoms with E-state index in [9.17, 15) is 9.59 Å². The van der Waals surface area contributed by atoms with Crippen molar-refractivity contribution >= 4 is 40.9 Å². The van der Waals surface area contributed by atoms with E-state index in [1.165, 1.54) is 11.8 Å². The number of fused-ring (bicyclic) bond motifs is 1. The topological polar surface area (TPSA) is 89.5 Å². The van der Waals surface area contributed by atoms with Gasteiger partial charge in [-0.25, -0.2) is 10.4 Å². The number of aryl methyl sites for hydroxylation is 1. The molecule has 4 rings (SSSR count). The van der Waals surface area contributed by atoms with Crippen LogP contribution in [0.15, 0.2) is 92.0 Å². The van der Waals surface area contributed by atoms with E-state index in [1.54, 1.807) is 35.2 Å². The van der Waals surface area contributed by atoms with Crippen molar-refractivity contribution in [1.82, 2.24) is 15.0 Å². The molecule has 2 heterocycles. The molecule has 0 aliphatic carbocycles. The molecule has 0 aliphatic rings. The second kappa shape index (κ2) is 10.1. The van der Waals surface area contributed by atoms with Crippen LogP contribution in [0.5, 0.6) is 0 Å². The number of amides is 1. The first-order valence-electron chi connectivity index (χ1n) is 10.3. The maximum absolute atomic E-state index is 13.2. The first-order valence-corrected chi connectivity index (χ1v) is 11.2. The highest BCUT2D eigenvalue weighted by molar-refractivity contribution is 7.99. The molecule has 4 aromatic rings. The molecule has 0 bridgehead atoms. The number of thioether (sulfide) groups is 1. The van der Waals surface area contributed by atoms with Gasteiger partial charge in [0.05, 0.1) is 34.8 Å². The quantitative estimate of drug-likeness (QED) is 0.189. The van der Waals surface area contributed by atoms with E-state index < -0.39 is 0 Å². The molecule has 0 radical (unpaired) electrons. The molecular formula is C25H22N4O3S. The average molecular weight is 459 g/mol. The molecule has 0 unspecified atom stereocenters. The summed E-state index contributed by atoms with van der Waals surface area (Å²) in [4.78, 5) is 30.2. The summed E-state index contributed by atoms with van der Waals surface area (Å²) in [7, 11) is 0. The Morgan fingerprint density at radius 1 is 1.15 bits per heavy atom. The standard InChI is InChI=1S/C25H22N4O3S/c1-17-9-11-19(12-10-17)29-24(31)21-7-3-4-8-22(21)27-25(29)33-16-23(30)28-26-15-18(2)14-20-6-5-13-32-20/h3-15H,16H2,1-2H3,(H,28,30)/b18-14+,26-15-. The summed E-state index contributed by atoms with van der Waals surface area (Å²) >= 11 is 1.18. The smallest absolute Gasteiger partial charge is 0.266 e. The minimum absolute atomic E-state index is 0.0505. The highest BCUT2D eigenvalue weighted by Crippen LogP contribution is 2.21. The first kappa shape index (κ1) is 22.3. The van der Waals surface area contributed by atoms with Gasteiger partial charge in [0, 0.05) is 0 Å². The fourth-order valence-electron chi connectivity index (χ4n) is 3.13. The number of allylic oxidation sites excluding steroid dienone is 1. The number of aromatic nitrogens is 2. The van der Waals surface area contributed by atoms with Gasteiger partial charge in [0.2, 0.25) is 0 Å². The number of benzene rings is 2. The summed E-state index contributed by atoms with van der Waals surface area (Å²) in [6.45, 7) is 3.84. The number of carbonyl (C=O) groups is 1. The molecule has 8 heteroatoms. The molecule has 2 aromatic carbocycles.